The first kappa shape index (κ1) is 9.03. The van der Waals surface area contributed by atoms with Crippen LogP contribution in [0.3, 0.4) is 0 Å². The van der Waals surface area contributed by atoms with E-state index in [1.54, 1.807) is 6.92 Å². The van der Waals surface area contributed by atoms with Crippen LogP contribution in [-0.2, 0) is 4.79 Å². The van der Waals surface area contributed by atoms with Gasteiger partial charge in [0, 0.05) is 5.92 Å². The second-order valence-corrected chi connectivity index (χ2v) is 2.57. The van der Waals surface area contributed by atoms with E-state index in [0.717, 1.165) is 0 Å². The predicted octanol–water partition coefficient (Wildman–Crippen LogP) is 0.767. The van der Waals surface area contributed by atoms with E-state index in [1.165, 1.54) is 0 Å². The Morgan fingerprint density at radius 3 is 2.10 bits per heavy atom. The SMILES string of the molecule is CC(C)C#CC(C)C(N)=O. The molecule has 1 unspecified atom stereocenters. The van der Waals surface area contributed by atoms with Crippen LogP contribution in [0.4, 0.5) is 0 Å². The number of nitrogens with two attached hydrogens (primary N) is 1. The third-order valence-electron chi connectivity index (χ3n) is 1.02. The van der Waals surface area contributed by atoms with Crippen LogP contribution in [0.1, 0.15) is 20.8 Å². The summed E-state index contributed by atoms with van der Waals surface area (Å²) in [5.41, 5.74) is 4.98. The van der Waals surface area contributed by atoms with E-state index in [1.807, 2.05) is 13.8 Å². The standard InChI is InChI=1S/C8H13NO/c1-6(2)4-5-7(3)8(9)10/h6-7H,1-3H3,(H2,9,10). The summed E-state index contributed by atoms with van der Waals surface area (Å²) < 4.78 is 0. The van der Waals surface area contributed by atoms with E-state index >= 15 is 0 Å². The third-order valence-corrected chi connectivity index (χ3v) is 1.02. The second-order valence-electron chi connectivity index (χ2n) is 2.57. The Morgan fingerprint density at radius 2 is 1.80 bits per heavy atom. The van der Waals surface area contributed by atoms with Crippen LogP contribution < -0.4 is 5.73 Å². The number of carbonyl (C=O) groups excluding carboxylic acids is 1. The first-order chi connectivity index (χ1) is 4.54. The van der Waals surface area contributed by atoms with Crippen molar-refractivity contribution in [3.05, 3.63) is 0 Å². The maximum absolute atomic E-state index is 10.4. The van der Waals surface area contributed by atoms with Gasteiger partial charge < -0.3 is 5.73 Å². The summed E-state index contributed by atoms with van der Waals surface area (Å²) in [6, 6.07) is 0. The van der Waals surface area contributed by atoms with Crippen LogP contribution in [0, 0.1) is 23.7 Å². The van der Waals surface area contributed by atoms with E-state index in [4.69, 9.17) is 5.73 Å². The van der Waals surface area contributed by atoms with Crippen molar-refractivity contribution < 1.29 is 4.79 Å². The van der Waals surface area contributed by atoms with Gasteiger partial charge in [-0.1, -0.05) is 25.7 Å². The van der Waals surface area contributed by atoms with Gasteiger partial charge in [-0.05, 0) is 6.92 Å². The quantitative estimate of drug-likeness (QED) is 0.536. The molecule has 0 saturated carbocycles. The smallest absolute Gasteiger partial charge is 0.232 e. The Kier molecular flexibility index (Phi) is 3.56. The fraction of sp³-hybridized carbons (Fsp3) is 0.625. The number of amides is 1. The van der Waals surface area contributed by atoms with Crippen LogP contribution in [0.25, 0.3) is 0 Å². The third kappa shape index (κ3) is 3.96. The molecule has 2 nitrogen and oxygen atoms in total. The zero-order chi connectivity index (χ0) is 8.15. The molecule has 0 spiro atoms. The number of primary amides is 1. The molecular weight excluding hydrogens is 126 g/mol. The van der Waals surface area contributed by atoms with Gasteiger partial charge >= 0.3 is 0 Å². The summed E-state index contributed by atoms with van der Waals surface area (Å²) in [7, 11) is 0. The van der Waals surface area contributed by atoms with Crippen LogP contribution in [-0.4, -0.2) is 5.91 Å². The van der Waals surface area contributed by atoms with Gasteiger partial charge in [0.25, 0.3) is 0 Å². The van der Waals surface area contributed by atoms with Gasteiger partial charge in [0.05, 0.1) is 5.92 Å². The van der Waals surface area contributed by atoms with E-state index in [2.05, 4.69) is 11.8 Å². The van der Waals surface area contributed by atoms with Crippen molar-refractivity contribution in [2.24, 2.45) is 17.6 Å². The fourth-order valence-corrected chi connectivity index (χ4v) is 0.363. The first-order valence-electron chi connectivity index (χ1n) is 3.34. The lowest BCUT2D eigenvalue weighted by molar-refractivity contribution is -0.119. The van der Waals surface area contributed by atoms with E-state index in [-0.39, 0.29) is 11.8 Å². The maximum atomic E-state index is 10.4. The fourth-order valence-electron chi connectivity index (χ4n) is 0.363. The Hall–Kier alpha value is -0.970. The van der Waals surface area contributed by atoms with Crippen LogP contribution in [0.15, 0.2) is 0 Å². The molecule has 10 heavy (non-hydrogen) atoms. The van der Waals surface area contributed by atoms with Gasteiger partial charge in [-0.3, -0.25) is 4.79 Å². The van der Waals surface area contributed by atoms with E-state index < -0.39 is 0 Å². The summed E-state index contributed by atoms with van der Waals surface area (Å²) in [6.07, 6.45) is 0. The molecule has 0 saturated heterocycles. The van der Waals surface area contributed by atoms with Crippen molar-refractivity contribution in [2.45, 2.75) is 20.8 Å². The summed E-state index contributed by atoms with van der Waals surface area (Å²) in [5, 5.41) is 0. The highest BCUT2D eigenvalue weighted by molar-refractivity contribution is 5.79. The van der Waals surface area contributed by atoms with Gasteiger partial charge in [0.15, 0.2) is 0 Å². The van der Waals surface area contributed by atoms with E-state index in [0.29, 0.717) is 5.92 Å². The van der Waals surface area contributed by atoms with E-state index in [9.17, 15) is 4.79 Å². The summed E-state index contributed by atoms with van der Waals surface area (Å²) >= 11 is 0. The van der Waals surface area contributed by atoms with Gasteiger partial charge in [-0.25, -0.2) is 0 Å². The molecule has 0 aliphatic carbocycles. The highest BCUT2D eigenvalue weighted by Crippen LogP contribution is 1.92. The molecule has 0 rings (SSSR count). The predicted molar refractivity (Wildman–Crippen MR) is 41.0 cm³/mol. The van der Waals surface area contributed by atoms with Crippen LogP contribution >= 0.6 is 0 Å². The number of carbonyl (C=O) groups is 1. The number of hydrogen-bond acceptors (Lipinski definition) is 1. The van der Waals surface area contributed by atoms with Crippen molar-refractivity contribution in [1.29, 1.82) is 0 Å². The Bertz CT molecular complexity index is 173. The Morgan fingerprint density at radius 1 is 1.30 bits per heavy atom. The highest BCUT2D eigenvalue weighted by atomic mass is 16.1. The van der Waals surface area contributed by atoms with Gasteiger partial charge in [-0.15, -0.1) is 0 Å². The van der Waals surface area contributed by atoms with Crippen molar-refractivity contribution >= 4 is 5.91 Å². The molecule has 2 N–H and O–H groups in total. The molecular formula is C8H13NO. The van der Waals surface area contributed by atoms with Crippen molar-refractivity contribution in [3.63, 3.8) is 0 Å². The van der Waals surface area contributed by atoms with Crippen molar-refractivity contribution in [2.75, 3.05) is 0 Å². The molecule has 56 valence electrons. The zero-order valence-corrected chi connectivity index (χ0v) is 6.64. The number of hydrogen-bond donors (Lipinski definition) is 1. The minimum Gasteiger partial charge on any atom is -0.369 e. The molecule has 0 aliphatic heterocycles. The maximum Gasteiger partial charge on any atom is 0.232 e. The van der Waals surface area contributed by atoms with Gasteiger partial charge in [-0.2, -0.15) is 0 Å². The average molecular weight is 139 g/mol. The van der Waals surface area contributed by atoms with Crippen molar-refractivity contribution in [3.8, 4) is 11.8 Å². The average Bonchev–Trinajstić information content (AvgIpc) is 1.82. The molecule has 2 heteroatoms. The molecule has 0 radical (unpaired) electrons. The lowest BCUT2D eigenvalue weighted by atomic mass is 10.1. The molecule has 0 aromatic rings. The van der Waals surface area contributed by atoms with Crippen LogP contribution in [0.2, 0.25) is 0 Å². The molecule has 1 amide bonds. The summed E-state index contributed by atoms with van der Waals surface area (Å²) in [5.74, 6) is 5.27. The normalized spacial score (nSPS) is 12.0. The monoisotopic (exact) mass is 139 g/mol. The Balaban J connectivity index is 3.92. The molecule has 1 atom stereocenters. The largest absolute Gasteiger partial charge is 0.369 e. The molecule has 0 aromatic carbocycles. The van der Waals surface area contributed by atoms with Gasteiger partial charge in [0.1, 0.15) is 0 Å². The highest BCUT2D eigenvalue weighted by Gasteiger charge is 2.02. The van der Waals surface area contributed by atoms with Crippen LogP contribution in [0.5, 0.6) is 0 Å². The number of rotatable bonds is 1. The Labute approximate surface area is 61.8 Å². The molecule has 0 heterocycles. The summed E-state index contributed by atoms with van der Waals surface area (Å²) in [4.78, 5) is 10.4. The minimum atomic E-state index is -0.354. The minimum absolute atomic E-state index is 0.307. The molecule has 0 aliphatic rings. The topological polar surface area (TPSA) is 43.1 Å². The second kappa shape index (κ2) is 3.94. The zero-order valence-electron chi connectivity index (χ0n) is 6.64. The first-order valence-corrected chi connectivity index (χ1v) is 3.34. The van der Waals surface area contributed by atoms with Gasteiger partial charge in [0.2, 0.25) is 5.91 Å². The molecule has 0 aromatic heterocycles. The summed E-state index contributed by atoms with van der Waals surface area (Å²) in [6.45, 7) is 5.65. The lowest BCUT2D eigenvalue weighted by Gasteiger charge is -1.94. The molecule has 0 bridgehead atoms. The van der Waals surface area contributed by atoms with Crippen molar-refractivity contribution in [1.82, 2.24) is 0 Å². The lowest BCUT2D eigenvalue weighted by Crippen LogP contribution is -2.18. The molecule has 0 fully saturated rings.